The highest BCUT2D eigenvalue weighted by Gasteiger charge is 2.48. The number of nitrogens with one attached hydrogen (secondary N) is 1. The molecule has 3 atom stereocenters. The van der Waals surface area contributed by atoms with E-state index in [4.69, 9.17) is 4.74 Å². The molecule has 3 N–H and O–H groups in total. The van der Waals surface area contributed by atoms with Gasteiger partial charge < -0.3 is 14.9 Å². The molecule has 7 nitrogen and oxygen atoms in total. The lowest BCUT2D eigenvalue weighted by Crippen LogP contribution is -2.42. The van der Waals surface area contributed by atoms with Crippen LogP contribution >= 0.6 is 0 Å². The number of H-pyrrole nitrogens is 1. The second kappa shape index (κ2) is 6.95. The Hall–Kier alpha value is -2.43. The first-order chi connectivity index (χ1) is 12.6. The van der Waals surface area contributed by atoms with Crippen LogP contribution in [0.15, 0.2) is 46.1 Å². The number of aliphatic hydroxyl groups excluding tert-OH is 1. The number of nitrogens with zero attached hydrogens (tertiary/aromatic N) is 1. The predicted molar refractivity (Wildman–Crippen MR) is 87.0 cm³/mol. The quantitative estimate of drug-likeness (QED) is 0.721. The molecule has 1 saturated heterocycles. The maximum Gasteiger partial charge on any atom is 0.423 e. The highest BCUT2D eigenvalue weighted by molar-refractivity contribution is 5.19. The van der Waals surface area contributed by atoms with Gasteiger partial charge in [-0.25, -0.2) is 4.79 Å². The van der Waals surface area contributed by atoms with Crippen molar-refractivity contribution in [3.63, 3.8) is 0 Å². The van der Waals surface area contributed by atoms with Gasteiger partial charge in [-0.2, -0.15) is 13.2 Å². The number of hydrogen-bond acceptors (Lipinski definition) is 5. The summed E-state index contributed by atoms with van der Waals surface area (Å²) in [4.78, 5) is 25.0. The van der Waals surface area contributed by atoms with Gasteiger partial charge in [-0.3, -0.25) is 14.3 Å². The van der Waals surface area contributed by atoms with Crippen LogP contribution in [0.5, 0.6) is 0 Å². The lowest BCUT2D eigenvalue weighted by atomic mass is 9.88. The zero-order valence-electron chi connectivity index (χ0n) is 13.9. The summed E-state index contributed by atoms with van der Waals surface area (Å²) in [6.07, 6.45) is -7.15. The summed E-state index contributed by atoms with van der Waals surface area (Å²) in [5, 5.41) is 20.4. The summed E-state index contributed by atoms with van der Waals surface area (Å²) in [5.41, 5.74) is -5.08. The maximum absolute atomic E-state index is 13.0. The van der Waals surface area contributed by atoms with E-state index in [1.807, 2.05) is 0 Å². The lowest BCUT2D eigenvalue weighted by Gasteiger charge is -2.26. The van der Waals surface area contributed by atoms with Crippen LogP contribution in [0.3, 0.4) is 0 Å². The van der Waals surface area contributed by atoms with Gasteiger partial charge in [0.05, 0.1) is 6.61 Å². The third-order valence-corrected chi connectivity index (χ3v) is 4.55. The standard InChI is InChI=1S/C17H17F3N2O5/c18-17(19,20)11-8-22(15(25)21-14(11)24)13-7-16(26,12(9-23)27-13)6-10-4-2-1-3-5-10/h1-5,8,12-13,23,26H,6-7,9H2,(H,21,24,25)/t12-,13-,16+/m1/s1. The summed E-state index contributed by atoms with van der Waals surface area (Å²) < 4.78 is 44.9. The minimum atomic E-state index is -4.96. The Balaban J connectivity index is 1.95. The molecule has 0 bridgehead atoms. The fourth-order valence-corrected chi connectivity index (χ4v) is 3.21. The summed E-state index contributed by atoms with van der Waals surface area (Å²) in [6, 6.07) is 8.77. The van der Waals surface area contributed by atoms with Crippen molar-refractivity contribution in [2.24, 2.45) is 0 Å². The van der Waals surface area contributed by atoms with Crippen molar-refractivity contribution in [3.05, 3.63) is 68.5 Å². The van der Waals surface area contributed by atoms with Gasteiger partial charge in [-0.15, -0.1) is 0 Å². The Bertz CT molecular complexity index is 925. The number of aliphatic hydroxyl groups is 2. The second-order valence-corrected chi connectivity index (χ2v) is 6.44. The number of rotatable bonds is 4. The molecular weight excluding hydrogens is 369 g/mol. The Morgan fingerprint density at radius 2 is 1.93 bits per heavy atom. The van der Waals surface area contributed by atoms with Gasteiger partial charge in [0.25, 0.3) is 5.56 Å². The van der Waals surface area contributed by atoms with Crippen LogP contribution in [0.2, 0.25) is 0 Å². The molecule has 1 aliphatic rings. The van der Waals surface area contributed by atoms with E-state index in [1.54, 1.807) is 35.3 Å². The molecule has 0 aliphatic carbocycles. The average Bonchev–Trinajstić information content (AvgIpc) is 2.90. The van der Waals surface area contributed by atoms with Crippen molar-refractivity contribution >= 4 is 0 Å². The third-order valence-electron chi connectivity index (χ3n) is 4.55. The van der Waals surface area contributed by atoms with Crippen LogP contribution in [0, 0.1) is 0 Å². The molecule has 0 amide bonds. The molecular formula is C17H17F3N2O5. The average molecular weight is 386 g/mol. The van der Waals surface area contributed by atoms with Gasteiger partial charge in [0.15, 0.2) is 0 Å². The monoisotopic (exact) mass is 386 g/mol. The van der Waals surface area contributed by atoms with Crippen molar-refractivity contribution in [2.75, 3.05) is 6.61 Å². The second-order valence-electron chi connectivity index (χ2n) is 6.44. The highest BCUT2D eigenvalue weighted by Crippen LogP contribution is 2.38. The lowest BCUT2D eigenvalue weighted by molar-refractivity contribution is -0.139. The van der Waals surface area contributed by atoms with Crippen LogP contribution in [-0.4, -0.2) is 38.1 Å². The number of benzene rings is 1. The van der Waals surface area contributed by atoms with E-state index in [-0.39, 0.29) is 12.8 Å². The Morgan fingerprint density at radius 1 is 1.26 bits per heavy atom. The highest BCUT2D eigenvalue weighted by atomic mass is 19.4. The van der Waals surface area contributed by atoms with Gasteiger partial charge in [-0.1, -0.05) is 30.3 Å². The molecule has 0 unspecified atom stereocenters. The van der Waals surface area contributed by atoms with E-state index in [9.17, 15) is 33.0 Å². The molecule has 0 spiro atoms. The third kappa shape index (κ3) is 3.82. The molecule has 1 aliphatic heterocycles. The molecule has 27 heavy (non-hydrogen) atoms. The fourth-order valence-electron chi connectivity index (χ4n) is 3.21. The first-order valence-electron chi connectivity index (χ1n) is 8.09. The van der Waals surface area contributed by atoms with Crippen molar-refractivity contribution < 1.29 is 28.1 Å². The number of halogens is 3. The first-order valence-corrected chi connectivity index (χ1v) is 8.09. The Labute approximate surface area is 150 Å². The topological polar surface area (TPSA) is 105 Å². The van der Waals surface area contributed by atoms with Gasteiger partial charge in [0, 0.05) is 19.0 Å². The van der Waals surface area contributed by atoms with Crippen molar-refractivity contribution in [1.82, 2.24) is 9.55 Å². The zero-order chi connectivity index (χ0) is 19.8. The Morgan fingerprint density at radius 3 is 2.52 bits per heavy atom. The van der Waals surface area contributed by atoms with Crippen LogP contribution in [-0.2, 0) is 17.3 Å². The molecule has 3 rings (SSSR count). The van der Waals surface area contributed by atoms with Crippen molar-refractivity contribution in [3.8, 4) is 0 Å². The van der Waals surface area contributed by atoms with E-state index in [0.717, 1.165) is 5.56 Å². The summed E-state index contributed by atoms with van der Waals surface area (Å²) >= 11 is 0. The molecule has 1 aromatic carbocycles. The normalized spacial score (nSPS) is 25.7. The van der Waals surface area contributed by atoms with Gasteiger partial charge in [-0.05, 0) is 5.56 Å². The number of aromatic nitrogens is 2. The minimum Gasteiger partial charge on any atom is -0.394 e. The van der Waals surface area contributed by atoms with E-state index in [2.05, 4.69) is 0 Å². The smallest absolute Gasteiger partial charge is 0.394 e. The molecule has 0 radical (unpaired) electrons. The zero-order valence-corrected chi connectivity index (χ0v) is 13.9. The van der Waals surface area contributed by atoms with Gasteiger partial charge >= 0.3 is 11.9 Å². The van der Waals surface area contributed by atoms with Crippen LogP contribution in [0.25, 0.3) is 0 Å². The minimum absolute atomic E-state index is 0.0692. The number of hydrogen-bond donors (Lipinski definition) is 3. The van der Waals surface area contributed by atoms with Gasteiger partial charge in [0.1, 0.15) is 23.5 Å². The number of ether oxygens (including phenoxy) is 1. The predicted octanol–water partition coefficient (Wildman–Crippen LogP) is 0.809. The van der Waals surface area contributed by atoms with Crippen LogP contribution in [0.4, 0.5) is 13.2 Å². The fraction of sp³-hybridized carbons (Fsp3) is 0.412. The molecule has 1 aromatic heterocycles. The van der Waals surface area contributed by atoms with E-state index in [0.29, 0.717) is 10.8 Å². The summed E-state index contributed by atoms with van der Waals surface area (Å²) in [5.74, 6) is 0. The number of aromatic amines is 1. The summed E-state index contributed by atoms with van der Waals surface area (Å²) in [7, 11) is 0. The molecule has 0 saturated carbocycles. The van der Waals surface area contributed by atoms with Crippen LogP contribution < -0.4 is 11.2 Å². The van der Waals surface area contributed by atoms with E-state index >= 15 is 0 Å². The molecule has 2 aromatic rings. The SMILES string of the molecule is O=c1[nH]c(=O)n([C@H]2C[C@@](O)(Cc3ccccc3)[C@@H](CO)O2)cc1C(F)(F)F. The van der Waals surface area contributed by atoms with Gasteiger partial charge in [0.2, 0.25) is 0 Å². The number of alkyl halides is 3. The molecule has 1 fully saturated rings. The van der Waals surface area contributed by atoms with Crippen molar-refractivity contribution in [1.29, 1.82) is 0 Å². The van der Waals surface area contributed by atoms with E-state index in [1.165, 1.54) is 0 Å². The van der Waals surface area contributed by atoms with E-state index < -0.39 is 47.5 Å². The Kier molecular flexibility index (Phi) is 4.98. The summed E-state index contributed by atoms with van der Waals surface area (Å²) in [6.45, 7) is -0.593. The maximum atomic E-state index is 13.0. The largest absolute Gasteiger partial charge is 0.423 e. The molecule has 146 valence electrons. The molecule has 10 heteroatoms. The van der Waals surface area contributed by atoms with Crippen LogP contribution in [0.1, 0.15) is 23.8 Å². The first kappa shape index (κ1) is 19.3. The van der Waals surface area contributed by atoms with Crippen molar-refractivity contribution in [2.45, 2.75) is 37.0 Å². The molecule has 2 heterocycles.